The van der Waals surface area contributed by atoms with Gasteiger partial charge in [0.2, 0.25) is 11.5 Å². The van der Waals surface area contributed by atoms with Crippen LogP contribution in [0.3, 0.4) is 0 Å². The molecular weight excluding hydrogens is 312 g/mol. The number of anilines is 1. The van der Waals surface area contributed by atoms with Crippen molar-refractivity contribution in [3.63, 3.8) is 0 Å². The summed E-state index contributed by atoms with van der Waals surface area (Å²) in [6, 6.07) is 9.11. The Kier molecular flexibility index (Phi) is 4.62. The second-order valence-electron chi connectivity index (χ2n) is 5.16. The van der Waals surface area contributed by atoms with Gasteiger partial charge < -0.3 is 9.84 Å². The number of aromatic nitrogens is 1. The number of benzene rings is 1. The summed E-state index contributed by atoms with van der Waals surface area (Å²) in [5, 5.41) is 6.58. The van der Waals surface area contributed by atoms with Crippen LogP contribution < -0.4 is 5.32 Å². The first-order valence-electron chi connectivity index (χ1n) is 7.41. The Balaban J connectivity index is 1.82. The van der Waals surface area contributed by atoms with Crippen molar-refractivity contribution < 1.29 is 14.1 Å². The number of rotatable bonds is 5. The lowest BCUT2D eigenvalue weighted by atomic mass is 10.0. The van der Waals surface area contributed by atoms with Gasteiger partial charge in [0.25, 0.3) is 5.91 Å². The zero-order valence-electron chi connectivity index (χ0n) is 12.7. The van der Waals surface area contributed by atoms with Crippen LogP contribution in [0, 0.1) is 0 Å². The molecule has 0 spiro atoms. The Labute approximate surface area is 138 Å². The maximum atomic E-state index is 12.4. The van der Waals surface area contributed by atoms with E-state index in [1.807, 2.05) is 18.2 Å². The van der Waals surface area contributed by atoms with Gasteiger partial charge in [-0.1, -0.05) is 30.3 Å². The van der Waals surface area contributed by atoms with Gasteiger partial charge >= 0.3 is 0 Å². The minimum Gasteiger partial charge on any atom is -0.352 e. The van der Waals surface area contributed by atoms with E-state index in [0.29, 0.717) is 17.7 Å². The maximum Gasteiger partial charge on any atom is 0.278 e. The lowest BCUT2D eigenvalue weighted by molar-refractivity contribution is 0.0994. The average molecular weight is 328 g/mol. The van der Waals surface area contributed by atoms with E-state index in [1.165, 1.54) is 0 Å². The lowest BCUT2D eigenvalue weighted by Gasteiger charge is -2.11. The summed E-state index contributed by atoms with van der Waals surface area (Å²) in [4.78, 5) is 25.4. The second kappa shape index (κ2) is 6.83. The van der Waals surface area contributed by atoms with Crippen molar-refractivity contribution >= 4 is 29.1 Å². The van der Waals surface area contributed by atoms with Crippen molar-refractivity contribution in [3.8, 4) is 0 Å². The lowest BCUT2D eigenvalue weighted by Crippen LogP contribution is -2.16. The van der Waals surface area contributed by atoms with Crippen molar-refractivity contribution in [1.82, 2.24) is 5.16 Å². The van der Waals surface area contributed by atoms with Crippen molar-refractivity contribution in [1.29, 1.82) is 0 Å². The average Bonchev–Trinajstić information content (AvgIpc) is 2.98. The van der Waals surface area contributed by atoms with Crippen LogP contribution in [0.25, 0.3) is 0 Å². The van der Waals surface area contributed by atoms with Crippen LogP contribution in [0.1, 0.15) is 40.0 Å². The molecule has 1 N–H and O–H groups in total. The Bertz CT molecular complexity index is 765. The molecule has 0 fully saturated rings. The highest BCUT2D eigenvalue weighted by atomic mass is 32.2. The third-order valence-electron chi connectivity index (χ3n) is 3.39. The first kappa shape index (κ1) is 15.6. The first-order valence-corrected chi connectivity index (χ1v) is 8.40. The fraction of sp³-hybridized carbons (Fsp3) is 0.235. The van der Waals surface area contributed by atoms with Crippen LogP contribution in [-0.4, -0.2) is 22.6 Å². The highest BCUT2D eigenvalue weighted by Gasteiger charge is 2.29. The van der Waals surface area contributed by atoms with Crippen molar-refractivity contribution in [2.24, 2.45) is 0 Å². The van der Waals surface area contributed by atoms with Crippen LogP contribution in [0.15, 0.2) is 45.8 Å². The molecule has 0 radical (unpaired) electrons. The van der Waals surface area contributed by atoms with Crippen LogP contribution >= 0.6 is 11.8 Å². The fourth-order valence-electron chi connectivity index (χ4n) is 2.32. The van der Waals surface area contributed by atoms with E-state index in [4.69, 9.17) is 4.52 Å². The maximum absolute atomic E-state index is 12.4. The molecule has 5 nitrogen and oxygen atoms in total. The molecule has 6 heteroatoms. The van der Waals surface area contributed by atoms with Crippen LogP contribution in [0.2, 0.25) is 0 Å². The fourth-order valence-corrected chi connectivity index (χ4v) is 3.22. The Morgan fingerprint density at radius 2 is 2.13 bits per heavy atom. The number of hydrogen-bond donors (Lipinski definition) is 1. The number of nitrogens with zero attached hydrogens (tertiary/aromatic N) is 1. The zero-order chi connectivity index (χ0) is 16.2. The van der Waals surface area contributed by atoms with Gasteiger partial charge in [0.1, 0.15) is 0 Å². The molecule has 0 saturated carbocycles. The van der Waals surface area contributed by atoms with Crippen molar-refractivity contribution in [2.45, 2.75) is 19.8 Å². The summed E-state index contributed by atoms with van der Waals surface area (Å²) in [7, 11) is 0. The number of ketones is 1. The van der Waals surface area contributed by atoms with Gasteiger partial charge in [-0.3, -0.25) is 9.59 Å². The molecule has 1 aromatic carbocycles. The summed E-state index contributed by atoms with van der Waals surface area (Å²) in [6.07, 6.45) is 3.10. The van der Waals surface area contributed by atoms with E-state index >= 15 is 0 Å². The molecule has 2 aromatic rings. The molecule has 0 atom stereocenters. The molecule has 23 heavy (non-hydrogen) atoms. The Hall–Kier alpha value is -2.34. The van der Waals surface area contributed by atoms with Crippen LogP contribution in [-0.2, 0) is 6.42 Å². The van der Waals surface area contributed by atoms with Gasteiger partial charge in [-0.05, 0) is 35.3 Å². The molecule has 0 saturated heterocycles. The van der Waals surface area contributed by atoms with Crippen LogP contribution in [0.4, 0.5) is 5.69 Å². The second-order valence-corrected chi connectivity index (χ2v) is 6.38. The number of allylic oxidation sites excluding steroid dienone is 2. The highest BCUT2D eigenvalue weighted by molar-refractivity contribution is 8.03. The molecule has 3 rings (SSSR count). The van der Waals surface area contributed by atoms with Gasteiger partial charge in [0, 0.05) is 17.7 Å². The highest BCUT2D eigenvalue weighted by Crippen LogP contribution is 2.30. The minimum atomic E-state index is -0.365. The van der Waals surface area contributed by atoms with Gasteiger partial charge in [-0.25, -0.2) is 0 Å². The van der Waals surface area contributed by atoms with E-state index in [9.17, 15) is 9.59 Å². The topological polar surface area (TPSA) is 72.2 Å². The number of nitrogens with one attached hydrogen (secondary N) is 1. The monoisotopic (exact) mass is 328 g/mol. The molecule has 118 valence electrons. The van der Waals surface area contributed by atoms with Gasteiger partial charge in [0.15, 0.2) is 5.69 Å². The summed E-state index contributed by atoms with van der Waals surface area (Å²) >= 11 is 1.63. The van der Waals surface area contributed by atoms with E-state index in [-0.39, 0.29) is 23.1 Å². The van der Waals surface area contributed by atoms with Crippen molar-refractivity contribution in [2.75, 3.05) is 11.1 Å². The molecule has 1 amide bonds. The van der Waals surface area contributed by atoms with Gasteiger partial charge in [0.05, 0.1) is 0 Å². The number of thioether (sulfide) groups is 1. The standard InChI is InChI=1S/C17H16N2O3S/c1-2-8-23-12-9-13-15(19-22-16(13)14(20)10-12)17(21)18-11-6-4-3-5-7-11/h3-7,10H,2,8-9H2,1H3,(H,18,21). The van der Waals surface area contributed by atoms with Crippen molar-refractivity contribution in [3.05, 3.63) is 58.3 Å². The minimum absolute atomic E-state index is 0.170. The predicted octanol–water partition coefficient (Wildman–Crippen LogP) is 3.69. The SMILES string of the molecule is CCCSC1=CC(=O)c2onc(C(=O)Nc3ccccc3)c2C1. The first-order chi connectivity index (χ1) is 11.2. The van der Waals surface area contributed by atoms with Gasteiger partial charge in [-0.15, -0.1) is 11.8 Å². The van der Waals surface area contributed by atoms with Gasteiger partial charge in [-0.2, -0.15) is 0 Å². The molecule has 1 aliphatic carbocycles. The van der Waals surface area contributed by atoms with Crippen LogP contribution in [0.5, 0.6) is 0 Å². The molecule has 0 aliphatic heterocycles. The quantitative estimate of drug-likeness (QED) is 0.906. The van der Waals surface area contributed by atoms with E-state index in [0.717, 1.165) is 17.1 Å². The third kappa shape index (κ3) is 3.37. The number of amides is 1. The molecule has 1 aliphatic rings. The summed E-state index contributed by atoms with van der Waals surface area (Å²) in [5.41, 5.74) is 1.43. The number of carbonyl (C=O) groups is 2. The molecule has 0 unspecified atom stereocenters. The number of para-hydroxylation sites is 1. The molecule has 0 bridgehead atoms. The Morgan fingerprint density at radius 3 is 2.87 bits per heavy atom. The number of carbonyl (C=O) groups excluding carboxylic acids is 2. The zero-order valence-corrected chi connectivity index (χ0v) is 13.5. The predicted molar refractivity (Wildman–Crippen MR) is 89.8 cm³/mol. The largest absolute Gasteiger partial charge is 0.352 e. The molecule has 1 heterocycles. The third-order valence-corrected chi connectivity index (χ3v) is 4.64. The summed E-state index contributed by atoms with van der Waals surface area (Å²) in [5.74, 6) is 0.515. The van der Waals surface area contributed by atoms with E-state index in [1.54, 1.807) is 30.0 Å². The molecule has 1 aromatic heterocycles. The normalized spacial score (nSPS) is 13.4. The molecular formula is C17H16N2O3S. The smallest absolute Gasteiger partial charge is 0.278 e. The summed E-state index contributed by atoms with van der Waals surface area (Å²) < 4.78 is 5.10. The number of hydrogen-bond acceptors (Lipinski definition) is 5. The van der Waals surface area contributed by atoms with E-state index < -0.39 is 0 Å². The Morgan fingerprint density at radius 1 is 1.35 bits per heavy atom. The number of fused-ring (bicyclic) bond motifs is 1. The summed E-state index contributed by atoms with van der Waals surface area (Å²) in [6.45, 7) is 2.09. The van der Waals surface area contributed by atoms with E-state index in [2.05, 4.69) is 17.4 Å².